The highest BCUT2D eigenvalue weighted by atomic mass is 35.5. The number of aliphatic hydroxyl groups is 2. The Balaban J connectivity index is 1.24. The number of pyridine rings is 1. The first kappa shape index (κ1) is 40.0. The van der Waals surface area contributed by atoms with E-state index in [-0.39, 0.29) is 37.6 Å². The topological polar surface area (TPSA) is 195 Å². The van der Waals surface area contributed by atoms with Gasteiger partial charge >= 0.3 is 11.9 Å². The molecule has 0 amide bonds. The second kappa shape index (κ2) is 18.7. The number of aliphatic carboxylic acids is 2. The van der Waals surface area contributed by atoms with Crippen LogP contribution in [0.1, 0.15) is 47.1 Å². The summed E-state index contributed by atoms with van der Waals surface area (Å²) in [6.07, 6.45) is 4.21. The molecule has 1 fully saturated rings. The molecule has 1 unspecified atom stereocenters. The van der Waals surface area contributed by atoms with Crippen LogP contribution in [-0.4, -0.2) is 86.7 Å². The maximum Gasteiger partial charge on any atom is 0.335 e. The standard InChI is InChI=1S/C40H43ClN4O9/c1-26-30(6-3-8-33(26)29-5-2-7-32(16-29)52-14-4-11-45-12-9-40(51,10-13-45)39(49)50)25-54-37-18-36(53-24-28-15-27(19-42)20-43-21-28)31(17-34(37)41)22-44-35(23-46)38(47)48/h2-3,5-8,15-18,20-21,35,44,46,51H,4,9-14,22-25H2,1H3,(H,47,48)(H,49,50). The van der Waals surface area contributed by atoms with E-state index in [1.165, 1.54) is 6.20 Å². The Kier molecular flexibility index (Phi) is 13.8. The third-order valence-corrected chi connectivity index (χ3v) is 9.69. The highest BCUT2D eigenvalue weighted by molar-refractivity contribution is 6.32. The van der Waals surface area contributed by atoms with Gasteiger partial charge in [0.05, 0.1) is 23.8 Å². The fourth-order valence-electron chi connectivity index (χ4n) is 6.11. The van der Waals surface area contributed by atoms with Gasteiger partial charge in [0.1, 0.15) is 42.6 Å². The number of rotatable bonds is 18. The number of hydrogen-bond donors (Lipinski definition) is 5. The highest BCUT2D eigenvalue weighted by Gasteiger charge is 2.39. The number of benzene rings is 3. The van der Waals surface area contributed by atoms with Crippen LogP contribution in [0.5, 0.6) is 17.2 Å². The molecular formula is C40H43ClN4O9. The predicted octanol–water partition coefficient (Wildman–Crippen LogP) is 4.96. The van der Waals surface area contributed by atoms with Crippen LogP contribution in [0.4, 0.5) is 0 Å². The van der Waals surface area contributed by atoms with Gasteiger partial charge in [-0.3, -0.25) is 15.1 Å². The van der Waals surface area contributed by atoms with Gasteiger partial charge in [-0.25, -0.2) is 4.79 Å². The molecule has 0 spiro atoms. The van der Waals surface area contributed by atoms with Gasteiger partial charge in [-0.05, 0) is 72.7 Å². The van der Waals surface area contributed by atoms with E-state index in [1.807, 2.05) is 49.4 Å². The number of hydrogen-bond acceptors (Lipinski definition) is 11. The van der Waals surface area contributed by atoms with Crippen molar-refractivity contribution in [3.05, 3.63) is 106 Å². The summed E-state index contributed by atoms with van der Waals surface area (Å²) < 4.78 is 18.4. The molecule has 0 aliphatic carbocycles. The molecular weight excluding hydrogens is 716 g/mol. The van der Waals surface area contributed by atoms with Crippen LogP contribution in [0.3, 0.4) is 0 Å². The number of piperidine rings is 1. The van der Waals surface area contributed by atoms with E-state index in [0.717, 1.165) is 41.0 Å². The van der Waals surface area contributed by atoms with Crippen molar-refractivity contribution in [2.75, 3.05) is 32.8 Å². The molecule has 1 aromatic heterocycles. The minimum absolute atomic E-state index is 0.0333. The Hall–Kier alpha value is -5.23. The molecule has 3 aromatic carbocycles. The van der Waals surface area contributed by atoms with Gasteiger partial charge in [0.15, 0.2) is 5.60 Å². The number of nitrogens with zero attached hydrogens (tertiary/aromatic N) is 3. The molecule has 54 heavy (non-hydrogen) atoms. The van der Waals surface area contributed by atoms with Crippen LogP contribution < -0.4 is 19.5 Å². The number of likely N-dealkylation sites (tertiary alicyclic amines) is 1. The lowest BCUT2D eigenvalue weighted by Crippen LogP contribution is -2.49. The quantitative estimate of drug-likeness (QED) is 0.0856. The first-order valence-corrected chi connectivity index (χ1v) is 17.9. The lowest BCUT2D eigenvalue weighted by Gasteiger charge is -2.35. The summed E-state index contributed by atoms with van der Waals surface area (Å²) in [5, 5.41) is 50.6. The first-order chi connectivity index (χ1) is 26.0. The number of nitriles is 1. The molecule has 1 aliphatic rings. The molecule has 13 nitrogen and oxygen atoms in total. The number of nitrogens with one attached hydrogen (secondary N) is 1. The maximum atomic E-state index is 11.5. The van der Waals surface area contributed by atoms with Gasteiger partial charge in [-0.1, -0.05) is 41.9 Å². The first-order valence-electron chi connectivity index (χ1n) is 17.5. The zero-order valence-electron chi connectivity index (χ0n) is 29.8. The van der Waals surface area contributed by atoms with Crippen molar-refractivity contribution in [2.45, 2.75) is 57.6 Å². The van der Waals surface area contributed by atoms with Gasteiger partial charge in [0, 0.05) is 55.8 Å². The molecule has 1 saturated heterocycles. The Morgan fingerprint density at radius 2 is 1.76 bits per heavy atom. The van der Waals surface area contributed by atoms with E-state index < -0.39 is 30.2 Å². The predicted molar refractivity (Wildman–Crippen MR) is 199 cm³/mol. The van der Waals surface area contributed by atoms with Crippen molar-refractivity contribution < 1.29 is 44.2 Å². The van der Waals surface area contributed by atoms with Gasteiger partial charge in [0.2, 0.25) is 0 Å². The third kappa shape index (κ3) is 10.5. The fourth-order valence-corrected chi connectivity index (χ4v) is 6.35. The molecule has 5 rings (SSSR count). The summed E-state index contributed by atoms with van der Waals surface area (Å²) in [4.78, 5) is 29.0. The van der Waals surface area contributed by atoms with Crippen molar-refractivity contribution in [2.24, 2.45) is 0 Å². The van der Waals surface area contributed by atoms with Crippen LogP contribution in [0.25, 0.3) is 11.1 Å². The number of carboxylic acids is 2. The molecule has 0 saturated carbocycles. The number of carbonyl (C=O) groups is 2. The van der Waals surface area contributed by atoms with Crippen LogP contribution >= 0.6 is 11.6 Å². The van der Waals surface area contributed by atoms with Gasteiger partial charge in [-0.15, -0.1) is 0 Å². The van der Waals surface area contributed by atoms with E-state index in [1.54, 1.807) is 24.4 Å². The number of aromatic nitrogens is 1. The number of ether oxygens (including phenoxy) is 3. The number of aliphatic hydroxyl groups excluding tert-OH is 1. The van der Waals surface area contributed by atoms with Crippen molar-refractivity contribution in [3.8, 4) is 34.4 Å². The van der Waals surface area contributed by atoms with Gasteiger partial charge in [-0.2, -0.15) is 5.26 Å². The zero-order chi connectivity index (χ0) is 38.7. The second-order valence-corrected chi connectivity index (χ2v) is 13.5. The molecule has 284 valence electrons. The molecule has 14 heteroatoms. The summed E-state index contributed by atoms with van der Waals surface area (Å²) >= 11 is 6.67. The molecule has 2 heterocycles. The summed E-state index contributed by atoms with van der Waals surface area (Å²) in [5.74, 6) is -0.918. The molecule has 0 radical (unpaired) electrons. The Morgan fingerprint density at radius 3 is 2.48 bits per heavy atom. The van der Waals surface area contributed by atoms with E-state index in [2.05, 4.69) is 21.3 Å². The van der Waals surface area contributed by atoms with E-state index in [9.17, 15) is 35.3 Å². The largest absolute Gasteiger partial charge is 0.494 e. The Labute approximate surface area is 318 Å². The summed E-state index contributed by atoms with van der Waals surface area (Å²) in [5.41, 5.74) is 3.84. The molecule has 1 aliphatic heterocycles. The average molecular weight is 759 g/mol. The second-order valence-electron chi connectivity index (χ2n) is 13.1. The highest BCUT2D eigenvalue weighted by Crippen LogP contribution is 2.35. The van der Waals surface area contributed by atoms with E-state index in [0.29, 0.717) is 47.9 Å². The summed E-state index contributed by atoms with van der Waals surface area (Å²) in [7, 11) is 0. The number of carboxylic acid groups (broad SMARTS) is 2. The van der Waals surface area contributed by atoms with E-state index in [4.69, 9.17) is 25.8 Å². The molecule has 1 atom stereocenters. The van der Waals surface area contributed by atoms with Crippen LogP contribution in [-0.2, 0) is 29.3 Å². The SMILES string of the molecule is Cc1c(COc2cc(OCc3cncc(C#N)c3)c(CNC(CO)C(=O)O)cc2Cl)cccc1-c1cccc(OCCCN2CCC(O)(C(=O)O)CC2)c1. The molecule has 4 aromatic rings. The van der Waals surface area contributed by atoms with Crippen LogP contribution in [0.15, 0.2) is 73.1 Å². The summed E-state index contributed by atoms with van der Waals surface area (Å²) in [6, 6.07) is 19.6. The van der Waals surface area contributed by atoms with Crippen LogP contribution in [0.2, 0.25) is 5.02 Å². The average Bonchev–Trinajstić information content (AvgIpc) is 3.17. The van der Waals surface area contributed by atoms with Crippen molar-refractivity contribution in [1.29, 1.82) is 5.26 Å². The molecule has 5 N–H and O–H groups in total. The molecule has 0 bridgehead atoms. The van der Waals surface area contributed by atoms with E-state index >= 15 is 0 Å². The van der Waals surface area contributed by atoms with Gasteiger partial charge < -0.3 is 39.5 Å². The smallest absolute Gasteiger partial charge is 0.335 e. The monoisotopic (exact) mass is 758 g/mol. The third-order valence-electron chi connectivity index (χ3n) is 9.40. The minimum Gasteiger partial charge on any atom is -0.494 e. The van der Waals surface area contributed by atoms with Crippen LogP contribution in [0, 0.1) is 18.3 Å². The Bertz CT molecular complexity index is 1980. The maximum absolute atomic E-state index is 11.5. The summed E-state index contributed by atoms with van der Waals surface area (Å²) in [6.45, 7) is 3.99. The van der Waals surface area contributed by atoms with Crippen molar-refractivity contribution in [3.63, 3.8) is 0 Å². The zero-order valence-corrected chi connectivity index (χ0v) is 30.6. The lowest BCUT2D eigenvalue weighted by molar-refractivity contribution is -0.163. The normalized spacial score (nSPS) is 14.5. The lowest BCUT2D eigenvalue weighted by atomic mass is 9.91. The van der Waals surface area contributed by atoms with Gasteiger partial charge in [0.25, 0.3) is 0 Å². The fraction of sp³-hybridized carbons (Fsp3) is 0.350. The number of halogens is 1. The van der Waals surface area contributed by atoms with Crippen molar-refractivity contribution >= 4 is 23.5 Å². The Morgan fingerprint density at radius 1 is 1.00 bits per heavy atom. The minimum atomic E-state index is -1.63. The van der Waals surface area contributed by atoms with Crippen molar-refractivity contribution in [1.82, 2.24) is 15.2 Å².